The van der Waals surface area contributed by atoms with Crippen LogP contribution in [-0.4, -0.2) is 21.3 Å². The molecule has 0 radical (unpaired) electrons. The zero-order valence-corrected chi connectivity index (χ0v) is 6.89. The van der Waals surface area contributed by atoms with E-state index in [4.69, 9.17) is 20.9 Å². The first-order chi connectivity index (χ1) is 4.74. The van der Waals surface area contributed by atoms with Crippen molar-refractivity contribution in [3.05, 3.63) is 23.7 Å². The van der Waals surface area contributed by atoms with Crippen LogP contribution in [0, 0.1) is 0 Å². The Morgan fingerprint density at radius 2 is 2.00 bits per heavy atom. The van der Waals surface area contributed by atoms with E-state index in [0.717, 1.165) is 0 Å². The van der Waals surface area contributed by atoms with Crippen molar-refractivity contribution in [1.82, 2.24) is 0 Å². The Bertz CT molecular complexity index is 132. The van der Waals surface area contributed by atoms with Crippen molar-refractivity contribution in [1.29, 1.82) is 0 Å². The summed E-state index contributed by atoms with van der Waals surface area (Å²) in [4.78, 5) is 0. The van der Waals surface area contributed by atoms with Crippen LogP contribution in [0.5, 0.6) is 0 Å². The Hall–Kier alpha value is -0.245. The lowest BCUT2D eigenvalue weighted by atomic mass is 9.90. The molecular formula is C6H10BClO2. The van der Waals surface area contributed by atoms with Crippen molar-refractivity contribution in [3.63, 3.8) is 0 Å². The third-order valence-corrected chi connectivity index (χ3v) is 1.24. The average Bonchev–Trinajstić information content (AvgIpc) is 1.99. The van der Waals surface area contributed by atoms with Gasteiger partial charge in [-0.05, 0) is 5.98 Å². The molecule has 10 heavy (non-hydrogen) atoms. The second kappa shape index (κ2) is 5.53. The minimum atomic E-state index is -0.384. The van der Waals surface area contributed by atoms with E-state index in [1.807, 2.05) is 0 Å². The summed E-state index contributed by atoms with van der Waals surface area (Å²) in [5, 5.41) is 0.522. The van der Waals surface area contributed by atoms with E-state index in [1.54, 1.807) is 5.98 Å². The summed E-state index contributed by atoms with van der Waals surface area (Å²) in [7, 11) is 2.70. The first-order valence-electron chi connectivity index (χ1n) is 2.80. The Morgan fingerprint density at radius 1 is 1.50 bits per heavy atom. The third-order valence-electron chi connectivity index (χ3n) is 0.955. The van der Waals surface area contributed by atoms with Gasteiger partial charge in [-0.15, -0.1) is 0 Å². The zero-order chi connectivity index (χ0) is 7.98. The van der Waals surface area contributed by atoms with Crippen molar-refractivity contribution in [2.75, 3.05) is 14.2 Å². The molecule has 0 aromatic carbocycles. The van der Waals surface area contributed by atoms with E-state index in [0.29, 0.717) is 5.03 Å². The van der Waals surface area contributed by atoms with E-state index in [2.05, 4.69) is 6.58 Å². The lowest BCUT2D eigenvalue weighted by Gasteiger charge is -2.01. The highest BCUT2D eigenvalue weighted by Crippen LogP contribution is 2.03. The highest BCUT2D eigenvalue weighted by molar-refractivity contribution is 6.53. The third kappa shape index (κ3) is 3.72. The molecule has 0 aliphatic carbocycles. The first-order valence-corrected chi connectivity index (χ1v) is 3.17. The standard InChI is InChI=1S/C6H10BClO2/c1-4-6(8)5-7(9-2)10-3/h4-5H,1H2,2-3H3/b6-5+. The zero-order valence-electron chi connectivity index (χ0n) is 6.13. The van der Waals surface area contributed by atoms with Crippen LogP contribution in [0.4, 0.5) is 0 Å². The maximum atomic E-state index is 5.60. The highest BCUT2D eigenvalue weighted by Gasteiger charge is 2.09. The fourth-order valence-corrected chi connectivity index (χ4v) is 0.533. The molecule has 0 spiro atoms. The lowest BCUT2D eigenvalue weighted by Crippen LogP contribution is -2.16. The van der Waals surface area contributed by atoms with Crippen molar-refractivity contribution in [2.45, 2.75) is 0 Å². The fourth-order valence-electron chi connectivity index (χ4n) is 0.430. The monoisotopic (exact) mass is 160 g/mol. The van der Waals surface area contributed by atoms with Gasteiger partial charge in [-0.2, -0.15) is 0 Å². The molecule has 0 saturated heterocycles. The van der Waals surface area contributed by atoms with E-state index in [-0.39, 0.29) is 7.12 Å². The molecule has 4 heteroatoms. The second-order valence-corrected chi connectivity index (χ2v) is 2.03. The summed E-state index contributed by atoms with van der Waals surface area (Å²) in [5.74, 6) is 1.62. The van der Waals surface area contributed by atoms with E-state index in [9.17, 15) is 0 Å². The van der Waals surface area contributed by atoms with Crippen LogP contribution in [0.2, 0.25) is 0 Å². The molecule has 0 rings (SSSR count). The number of allylic oxidation sites excluding steroid dienone is 2. The maximum absolute atomic E-state index is 5.60. The van der Waals surface area contributed by atoms with Gasteiger partial charge < -0.3 is 9.31 Å². The topological polar surface area (TPSA) is 18.5 Å². The molecule has 0 fully saturated rings. The van der Waals surface area contributed by atoms with Crippen molar-refractivity contribution < 1.29 is 9.31 Å². The van der Waals surface area contributed by atoms with Crippen LogP contribution >= 0.6 is 11.6 Å². The molecule has 0 saturated carbocycles. The van der Waals surface area contributed by atoms with Crippen molar-refractivity contribution in [3.8, 4) is 0 Å². The molecule has 0 unspecified atom stereocenters. The van der Waals surface area contributed by atoms with Crippen LogP contribution in [0.1, 0.15) is 0 Å². The first kappa shape index (κ1) is 9.75. The van der Waals surface area contributed by atoms with Gasteiger partial charge in [-0.3, -0.25) is 0 Å². The number of hydrogen-bond donors (Lipinski definition) is 0. The summed E-state index contributed by atoms with van der Waals surface area (Å²) in [5.41, 5.74) is 0. The van der Waals surface area contributed by atoms with Gasteiger partial charge in [-0.1, -0.05) is 24.3 Å². The van der Waals surface area contributed by atoms with E-state index < -0.39 is 0 Å². The van der Waals surface area contributed by atoms with Crippen LogP contribution in [0.15, 0.2) is 23.7 Å². The number of rotatable bonds is 4. The van der Waals surface area contributed by atoms with Gasteiger partial charge in [0, 0.05) is 19.3 Å². The smallest absolute Gasteiger partial charge is 0.410 e. The summed E-state index contributed by atoms with van der Waals surface area (Å²) in [6.45, 7) is 3.47. The Kier molecular flexibility index (Phi) is 5.40. The molecule has 0 aromatic heterocycles. The molecule has 0 aliphatic rings. The normalized spacial score (nSPS) is 11.3. The summed E-state index contributed by atoms with van der Waals surface area (Å²) < 4.78 is 9.68. The summed E-state index contributed by atoms with van der Waals surface area (Å²) in [6.07, 6.45) is 1.52. The van der Waals surface area contributed by atoms with Gasteiger partial charge in [0.25, 0.3) is 0 Å². The van der Waals surface area contributed by atoms with E-state index >= 15 is 0 Å². The van der Waals surface area contributed by atoms with Crippen molar-refractivity contribution in [2.24, 2.45) is 0 Å². The molecule has 0 N–H and O–H groups in total. The molecule has 56 valence electrons. The molecular weight excluding hydrogens is 150 g/mol. The van der Waals surface area contributed by atoms with Gasteiger partial charge in [0.05, 0.1) is 0 Å². The Balaban J connectivity index is 3.92. The Morgan fingerprint density at radius 3 is 2.30 bits per heavy atom. The molecule has 2 nitrogen and oxygen atoms in total. The minimum absolute atomic E-state index is 0.384. The summed E-state index contributed by atoms with van der Waals surface area (Å²) in [6, 6.07) is 0. The molecule has 0 heterocycles. The number of halogens is 1. The van der Waals surface area contributed by atoms with Gasteiger partial charge in [0.2, 0.25) is 0 Å². The quantitative estimate of drug-likeness (QED) is 0.460. The molecule has 0 bridgehead atoms. The number of hydrogen-bond acceptors (Lipinski definition) is 2. The van der Waals surface area contributed by atoms with E-state index in [1.165, 1.54) is 20.3 Å². The van der Waals surface area contributed by atoms with Gasteiger partial charge in [0.1, 0.15) is 0 Å². The summed E-state index contributed by atoms with van der Waals surface area (Å²) >= 11 is 5.60. The Labute approximate surface area is 66.6 Å². The molecule has 0 aromatic rings. The highest BCUT2D eigenvalue weighted by atomic mass is 35.5. The molecule has 0 atom stereocenters. The van der Waals surface area contributed by atoms with Crippen LogP contribution in [-0.2, 0) is 9.31 Å². The van der Waals surface area contributed by atoms with Gasteiger partial charge >= 0.3 is 7.12 Å². The second-order valence-electron chi connectivity index (χ2n) is 1.60. The molecule has 0 aliphatic heterocycles. The van der Waals surface area contributed by atoms with Crippen LogP contribution < -0.4 is 0 Å². The minimum Gasteiger partial charge on any atom is -0.410 e. The van der Waals surface area contributed by atoms with Gasteiger partial charge in [-0.25, -0.2) is 0 Å². The predicted molar refractivity (Wildman–Crippen MR) is 43.9 cm³/mol. The fraction of sp³-hybridized carbons (Fsp3) is 0.333. The lowest BCUT2D eigenvalue weighted by molar-refractivity contribution is 0.290. The largest absolute Gasteiger partial charge is 0.487 e. The van der Waals surface area contributed by atoms with Gasteiger partial charge in [0.15, 0.2) is 0 Å². The predicted octanol–water partition coefficient (Wildman–Crippen LogP) is 1.62. The average molecular weight is 160 g/mol. The van der Waals surface area contributed by atoms with Crippen LogP contribution in [0.25, 0.3) is 0 Å². The van der Waals surface area contributed by atoms with Crippen molar-refractivity contribution >= 4 is 18.7 Å². The maximum Gasteiger partial charge on any atom is 0.487 e. The van der Waals surface area contributed by atoms with Crippen LogP contribution in [0.3, 0.4) is 0 Å². The molecule has 0 amide bonds. The SMILES string of the molecule is C=C/C(Cl)=C\B(OC)OC.